The van der Waals surface area contributed by atoms with Crippen LogP contribution >= 0.6 is 0 Å². The van der Waals surface area contributed by atoms with Crippen LogP contribution in [0.25, 0.3) is 0 Å². The van der Waals surface area contributed by atoms with Crippen molar-refractivity contribution >= 4 is 0 Å². The maximum atomic E-state index is 2.30. The summed E-state index contributed by atoms with van der Waals surface area (Å²) in [4.78, 5) is 0. The Balaban J connectivity index is 2.81. The van der Waals surface area contributed by atoms with Crippen molar-refractivity contribution in [1.29, 1.82) is 0 Å². The fourth-order valence-corrected chi connectivity index (χ4v) is 0.997. The van der Waals surface area contributed by atoms with Crippen molar-refractivity contribution in [3.05, 3.63) is 35.5 Å². The smallest absolute Gasteiger partial charge is 0.0310 e. The summed E-state index contributed by atoms with van der Waals surface area (Å²) < 4.78 is 0. The third kappa shape index (κ3) is 1.87. The Bertz CT molecular complexity index is 192. The zero-order valence-corrected chi connectivity index (χ0v) is 6.72. The molecule has 0 heteroatoms. The molecule has 0 aromatic rings. The van der Waals surface area contributed by atoms with Crippen molar-refractivity contribution in [2.24, 2.45) is 0 Å². The molecule has 0 heterocycles. The second-order valence-electron chi connectivity index (χ2n) is 2.74. The standard InChI is InChI=1S/C10H14/c1-9-7-5-3-4-6-8-10(9)2/h3,5,7-8H,4,6H2,1-2H3/b5-3+,9-7-,10-8-. The quantitative estimate of drug-likeness (QED) is 0.477. The summed E-state index contributed by atoms with van der Waals surface area (Å²) in [6, 6.07) is 0. The van der Waals surface area contributed by atoms with Gasteiger partial charge in [-0.05, 0) is 32.3 Å². The molecule has 0 N–H and O–H groups in total. The van der Waals surface area contributed by atoms with E-state index in [9.17, 15) is 0 Å². The molecule has 0 amide bonds. The van der Waals surface area contributed by atoms with Gasteiger partial charge in [-0.3, -0.25) is 0 Å². The normalized spacial score (nSPS) is 32.6. The van der Waals surface area contributed by atoms with Gasteiger partial charge in [0.2, 0.25) is 0 Å². The zero-order valence-electron chi connectivity index (χ0n) is 6.72. The van der Waals surface area contributed by atoms with E-state index in [1.165, 1.54) is 24.0 Å². The van der Waals surface area contributed by atoms with E-state index in [0.29, 0.717) is 0 Å². The molecule has 0 aliphatic heterocycles. The Hall–Kier alpha value is -0.780. The Kier molecular flexibility index (Phi) is 2.49. The molecule has 54 valence electrons. The molecular formula is C10H14. The molecule has 10 heavy (non-hydrogen) atoms. The van der Waals surface area contributed by atoms with Crippen LogP contribution in [0.15, 0.2) is 35.5 Å². The molecule has 1 rings (SSSR count). The predicted octanol–water partition coefficient (Wildman–Crippen LogP) is 3.23. The molecule has 0 aromatic heterocycles. The third-order valence-corrected chi connectivity index (χ3v) is 1.89. The summed E-state index contributed by atoms with van der Waals surface area (Å²) in [5.41, 5.74) is 2.81. The van der Waals surface area contributed by atoms with Gasteiger partial charge in [-0.25, -0.2) is 0 Å². The van der Waals surface area contributed by atoms with E-state index in [-0.39, 0.29) is 0 Å². The Morgan fingerprint density at radius 3 is 2.70 bits per heavy atom. The summed E-state index contributed by atoms with van der Waals surface area (Å²) in [6.07, 6.45) is 11.2. The summed E-state index contributed by atoms with van der Waals surface area (Å²) in [7, 11) is 0. The molecule has 0 aromatic carbocycles. The van der Waals surface area contributed by atoms with Crippen LogP contribution in [0, 0.1) is 0 Å². The van der Waals surface area contributed by atoms with Gasteiger partial charge in [-0.15, -0.1) is 0 Å². The molecule has 0 nitrogen and oxygen atoms in total. The highest BCUT2D eigenvalue weighted by Crippen LogP contribution is 2.12. The average Bonchev–Trinajstić information content (AvgIpc) is 1.92. The lowest BCUT2D eigenvalue weighted by molar-refractivity contribution is 1.03. The lowest BCUT2D eigenvalue weighted by Crippen LogP contribution is -1.81. The van der Waals surface area contributed by atoms with Crippen LogP contribution in [0.2, 0.25) is 0 Å². The molecule has 0 radical (unpaired) electrons. The van der Waals surface area contributed by atoms with E-state index in [0.717, 1.165) is 0 Å². The monoisotopic (exact) mass is 134 g/mol. The van der Waals surface area contributed by atoms with Crippen molar-refractivity contribution in [2.75, 3.05) is 0 Å². The molecule has 1 aliphatic rings. The lowest BCUT2D eigenvalue weighted by Gasteiger charge is -2.01. The number of rotatable bonds is 0. The minimum absolute atomic E-state index is 1.18. The highest BCUT2D eigenvalue weighted by atomic mass is 14.0. The summed E-state index contributed by atoms with van der Waals surface area (Å²) in [6.45, 7) is 4.33. The first-order valence-corrected chi connectivity index (χ1v) is 3.81. The zero-order chi connectivity index (χ0) is 7.40. The largest absolute Gasteiger partial charge is 0.0842 e. The Labute approximate surface area is 62.9 Å². The number of hydrogen-bond acceptors (Lipinski definition) is 0. The van der Waals surface area contributed by atoms with Crippen LogP contribution in [0.5, 0.6) is 0 Å². The fraction of sp³-hybridized carbons (Fsp3) is 0.400. The van der Waals surface area contributed by atoms with Crippen molar-refractivity contribution in [3.8, 4) is 0 Å². The molecule has 0 atom stereocenters. The SMILES string of the molecule is CC1=C/C=C/CC/C=C\1C. The van der Waals surface area contributed by atoms with Crippen molar-refractivity contribution < 1.29 is 0 Å². The third-order valence-electron chi connectivity index (χ3n) is 1.89. The Morgan fingerprint density at radius 1 is 1.10 bits per heavy atom. The molecule has 0 spiro atoms. The number of allylic oxidation sites excluding steroid dienone is 6. The van der Waals surface area contributed by atoms with Crippen molar-refractivity contribution in [1.82, 2.24) is 0 Å². The van der Waals surface area contributed by atoms with E-state index in [2.05, 4.69) is 38.2 Å². The van der Waals surface area contributed by atoms with E-state index < -0.39 is 0 Å². The van der Waals surface area contributed by atoms with Crippen LogP contribution < -0.4 is 0 Å². The van der Waals surface area contributed by atoms with E-state index in [1.54, 1.807) is 0 Å². The van der Waals surface area contributed by atoms with Gasteiger partial charge in [0, 0.05) is 0 Å². The van der Waals surface area contributed by atoms with E-state index in [4.69, 9.17) is 0 Å². The molecule has 0 fully saturated rings. The van der Waals surface area contributed by atoms with Crippen LogP contribution in [-0.2, 0) is 0 Å². The lowest BCUT2D eigenvalue weighted by atomic mass is 10.1. The molecule has 0 bridgehead atoms. The molecular weight excluding hydrogens is 120 g/mol. The second kappa shape index (κ2) is 3.40. The van der Waals surface area contributed by atoms with Gasteiger partial charge in [-0.2, -0.15) is 0 Å². The van der Waals surface area contributed by atoms with Crippen molar-refractivity contribution in [2.45, 2.75) is 26.7 Å². The van der Waals surface area contributed by atoms with Gasteiger partial charge < -0.3 is 0 Å². The van der Waals surface area contributed by atoms with Gasteiger partial charge in [-0.1, -0.05) is 29.9 Å². The molecule has 1 aliphatic carbocycles. The van der Waals surface area contributed by atoms with Crippen LogP contribution in [0.1, 0.15) is 26.7 Å². The van der Waals surface area contributed by atoms with Gasteiger partial charge in [0.05, 0.1) is 0 Å². The minimum Gasteiger partial charge on any atom is -0.0842 e. The van der Waals surface area contributed by atoms with Crippen LogP contribution in [0.4, 0.5) is 0 Å². The Morgan fingerprint density at radius 2 is 1.90 bits per heavy atom. The molecule has 0 saturated heterocycles. The van der Waals surface area contributed by atoms with E-state index >= 15 is 0 Å². The van der Waals surface area contributed by atoms with Gasteiger partial charge in [0.1, 0.15) is 0 Å². The first kappa shape index (κ1) is 7.33. The summed E-state index contributed by atoms with van der Waals surface area (Å²) >= 11 is 0. The average molecular weight is 134 g/mol. The second-order valence-corrected chi connectivity index (χ2v) is 2.74. The van der Waals surface area contributed by atoms with Crippen molar-refractivity contribution in [3.63, 3.8) is 0 Å². The van der Waals surface area contributed by atoms with Crippen LogP contribution in [-0.4, -0.2) is 0 Å². The molecule has 0 unspecified atom stereocenters. The van der Waals surface area contributed by atoms with Crippen LogP contribution in [0.3, 0.4) is 0 Å². The summed E-state index contributed by atoms with van der Waals surface area (Å²) in [5.74, 6) is 0. The minimum atomic E-state index is 1.18. The maximum Gasteiger partial charge on any atom is -0.0310 e. The first-order chi connectivity index (χ1) is 4.80. The van der Waals surface area contributed by atoms with Gasteiger partial charge in [0.25, 0.3) is 0 Å². The van der Waals surface area contributed by atoms with Gasteiger partial charge >= 0.3 is 0 Å². The molecule has 0 saturated carbocycles. The fourth-order valence-electron chi connectivity index (χ4n) is 0.997. The highest BCUT2D eigenvalue weighted by Gasteiger charge is 1.92. The maximum absolute atomic E-state index is 2.30. The van der Waals surface area contributed by atoms with E-state index in [1.807, 2.05) is 0 Å². The highest BCUT2D eigenvalue weighted by molar-refractivity contribution is 5.31. The van der Waals surface area contributed by atoms with Gasteiger partial charge in [0.15, 0.2) is 0 Å². The predicted molar refractivity (Wildman–Crippen MR) is 45.9 cm³/mol. The first-order valence-electron chi connectivity index (χ1n) is 3.81. The topological polar surface area (TPSA) is 0 Å². The number of hydrogen-bond donors (Lipinski definition) is 0. The summed E-state index contributed by atoms with van der Waals surface area (Å²) in [5, 5.41) is 0.